The summed E-state index contributed by atoms with van der Waals surface area (Å²) in [7, 11) is 0. The number of benzene rings is 1. The topological polar surface area (TPSA) is 55.8 Å². The summed E-state index contributed by atoms with van der Waals surface area (Å²) in [6, 6.07) is 7.53. The fourth-order valence-corrected chi connectivity index (χ4v) is 1.98. The number of nitrogens with zero attached hydrogens (tertiary/aromatic N) is 1. The van der Waals surface area contributed by atoms with Crippen LogP contribution < -0.4 is 4.74 Å². The molecule has 1 aromatic carbocycles. The molecular formula is C17H25NO4. The number of hydrogen-bond donors (Lipinski definition) is 0. The molecular weight excluding hydrogens is 282 g/mol. The second-order valence-electron chi connectivity index (χ2n) is 5.34. The van der Waals surface area contributed by atoms with Gasteiger partial charge in [-0.25, -0.2) is 0 Å². The number of carbonyl (C=O) groups excluding carboxylic acids is 2. The van der Waals surface area contributed by atoms with Gasteiger partial charge in [0, 0.05) is 12.6 Å². The first-order valence-electron chi connectivity index (χ1n) is 7.58. The number of esters is 1. The Hall–Kier alpha value is -2.04. The monoisotopic (exact) mass is 307 g/mol. The lowest BCUT2D eigenvalue weighted by atomic mass is 10.2. The quantitative estimate of drug-likeness (QED) is 0.693. The Morgan fingerprint density at radius 3 is 2.36 bits per heavy atom. The summed E-state index contributed by atoms with van der Waals surface area (Å²) in [5.41, 5.74) is 1.14. The third-order valence-electron chi connectivity index (χ3n) is 3.19. The van der Waals surface area contributed by atoms with Gasteiger partial charge in [0.1, 0.15) is 5.75 Å². The number of aryl methyl sites for hydroxylation is 1. The maximum atomic E-state index is 12.2. The number of rotatable bonds is 8. The van der Waals surface area contributed by atoms with Gasteiger partial charge < -0.3 is 14.4 Å². The van der Waals surface area contributed by atoms with Crippen LogP contribution in [0.1, 0.15) is 32.8 Å². The molecule has 0 saturated carbocycles. The fraction of sp³-hybridized carbons (Fsp3) is 0.529. The molecule has 0 radical (unpaired) electrons. The molecule has 0 N–H and O–H groups in total. The molecule has 1 amide bonds. The average Bonchev–Trinajstić information content (AvgIpc) is 2.46. The van der Waals surface area contributed by atoms with E-state index in [1.807, 2.05) is 45.0 Å². The summed E-state index contributed by atoms with van der Waals surface area (Å²) >= 11 is 0. The van der Waals surface area contributed by atoms with Crippen LogP contribution >= 0.6 is 0 Å². The molecule has 5 nitrogen and oxygen atoms in total. The van der Waals surface area contributed by atoms with Gasteiger partial charge in [0.2, 0.25) is 0 Å². The number of ether oxygens (including phenoxy) is 2. The number of hydrogen-bond acceptors (Lipinski definition) is 4. The molecule has 0 saturated heterocycles. The van der Waals surface area contributed by atoms with Gasteiger partial charge in [-0.1, -0.05) is 17.7 Å². The molecule has 0 aliphatic rings. The highest BCUT2D eigenvalue weighted by molar-refractivity contribution is 5.79. The summed E-state index contributed by atoms with van der Waals surface area (Å²) in [6.45, 7) is 8.23. The lowest BCUT2D eigenvalue weighted by Gasteiger charge is -2.26. The van der Waals surface area contributed by atoms with Crippen molar-refractivity contribution in [1.82, 2.24) is 4.90 Å². The molecule has 1 aromatic rings. The molecule has 1 rings (SSSR count). The third-order valence-corrected chi connectivity index (χ3v) is 3.19. The van der Waals surface area contributed by atoms with Gasteiger partial charge in [0.15, 0.2) is 6.61 Å². The smallest absolute Gasteiger partial charge is 0.307 e. The van der Waals surface area contributed by atoms with Crippen molar-refractivity contribution < 1.29 is 19.1 Å². The maximum Gasteiger partial charge on any atom is 0.307 e. The minimum Gasteiger partial charge on any atom is -0.484 e. The molecule has 0 aliphatic carbocycles. The van der Waals surface area contributed by atoms with Crippen molar-refractivity contribution in [3.63, 3.8) is 0 Å². The van der Waals surface area contributed by atoms with Crippen LogP contribution in [-0.4, -0.2) is 42.6 Å². The molecule has 0 spiro atoms. The zero-order valence-corrected chi connectivity index (χ0v) is 13.8. The number of carbonyl (C=O) groups is 2. The van der Waals surface area contributed by atoms with Crippen LogP contribution in [0, 0.1) is 6.92 Å². The van der Waals surface area contributed by atoms with E-state index in [0.29, 0.717) is 18.9 Å². The molecule has 0 bridgehead atoms. The van der Waals surface area contributed by atoms with Crippen molar-refractivity contribution in [2.75, 3.05) is 19.8 Å². The average molecular weight is 307 g/mol. The zero-order chi connectivity index (χ0) is 16.5. The van der Waals surface area contributed by atoms with Crippen molar-refractivity contribution >= 4 is 11.9 Å². The van der Waals surface area contributed by atoms with Crippen LogP contribution in [0.2, 0.25) is 0 Å². The second-order valence-corrected chi connectivity index (χ2v) is 5.34. The van der Waals surface area contributed by atoms with E-state index in [2.05, 4.69) is 0 Å². The van der Waals surface area contributed by atoms with Crippen LogP contribution in [0.5, 0.6) is 5.75 Å². The van der Waals surface area contributed by atoms with Crippen LogP contribution in [0.3, 0.4) is 0 Å². The third kappa shape index (κ3) is 6.16. The largest absolute Gasteiger partial charge is 0.484 e. The molecule has 22 heavy (non-hydrogen) atoms. The van der Waals surface area contributed by atoms with Gasteiger partial charge in [-0.2, -0.15) is 0 Å². The first-order chi connectivity index (χ1) is 10.4. The van der Waals surface area contributed by atoms with E-state index in [-0.39, 0.29) is 30.9 Å². The lowest BCUT2D eigenvalue weighted by Crippen LogP contribution is -2.41. The molecule has 5 heteroatoms. The minimum absolute atomic E-state index is 0.00328. The lowest BCUT2D eigenvalue weighted by molar-refractivity contribution is -0.144. The van der Waals surface area contributed by atoms with Gasteiger partial charge in [-0.3, -0.25) is 9.59 Å². The van der Waals surface area contributed by atoms with Gasteiger partial charge >= 0.3 is 5.97 Å². The highest BCUT2D eigenvalue weighted by Crippen LogP contribution is 2.12. The van der Waals surface area contributed by atoms with Crippen molar-refractivity contribution in [2.24, 2.45) is 0 Å². The molecule has 122 valence electrons. The van der Waals surface area contributed by atoms with Gasteiger partial charge in [-0.15, -0.1) is 0 Å². The Kier molecular flexibility index (Phi) is 7.43. The Bertz CT molecular complexity index is 482. The SMILES string of the molecule is CCOC(=O)CCN(C(=O)COc1ccc(C)cc1)C(C)C. The van der Waals surface area contributed by atoms with Crippen molar-refractivity contribution in [2.45, 2.75) is 40.2 Å². The van der Waals surface area contributed by atoms with E-state index in [1.165, 1.54) is 0 Å². The molecule has 0 unspecified atom stereocenters. The van der Waals surface area contributed by atoms with Crippen molar-refractivity contribution in [1.29, 1.82) is 0 Å². The van der Waals surface area contributed by atoms with Crippen LogP contribution in [0.15, 0.2) is 24.3 Å². The van der Waals surface area contributed by atoms with Gasteiger partial charge in [0.05, 0.1) is 13.0 Å². The fourth-order valence-electron chi connectivity index (χ4n) is 1.98. The van der Waals surface area contributed by atoms with Crippen LogP contribution in [-0.2, 0) is 14.3 Å². The molecule has 0 heterocycles. The summed E-state index contributed by atoms with van der Waals surface area (Å²) < 4.78 is 10.4. The highest BCUT2D eigenvalue weighted by atomic mass is 16.5. The standard InChI is InChI=1S/C17H25NO4/c1-5-21-17(20)10-11-18(13(2)3)16(19)12-22-15-8-6-14(4)7-9-15/h6-9,13H,5,10-12H2,1-4H3. The second kappa shape index (κ2) is 9.07. The molecule has 0 aromatic heterocycles. The number of amides is 1. The minimum atomic E-state index is -0.291. The van der Waals surface area contributed by atoms with E-state index < -0.39 is 0 Å². The maximum absolute atomic E-state index is 12.2. The van der Waals surface area contributed by atoms with E-state index in [0.717, 1.165) is 5.56 Å². The van der Waals surface area contributed by atoms with E-state index in [4.69, 9.17) is 9.47 Å². The van der Waals surface area contributed by atoms with E-state index >= 15 is 0 Å². The predicted molar refractivity (Wildman–Crippen MR) is 84.8 cm³/mol. The van der Waals surface area contributed by atoms with Crippen LogP contribution in [0.4, 0.5) is 0 Å². The van der Waals surface area contributed by atoms with Crippen molar-refractivity contribution in [3.05, 3.63) is 29.8 Å². The van der Waals surface area contributed by atoms with Gasteiger partial charge in [0.25, 0.3) is 5.91 Å². The Balaban J connectivity index is 2.50. The van der Waals surface area contributed by atoms with E-state index in [1.54, 1.807) is 11.8 Å². The van der Waals surface area contributed by atoms with Crippen molar-refractivity contribution in [3.8, 4) is 5.75 Å². The summed E-state index contributed by atoms with van der Waals surface area (Å²) in [4.78, 5) is 25.3. The van der Waals surface area contributed by atoms with E-state index in [9.17, 15) is 9.59 Å². The Morgan fingerprint density at radius 2 is 1.82 bits per heavy atom. The Labute approximate surface area is 132 Å². The molecule has 0 fully saturated rings. The normalized spacial score (nSPS) is 10.4. The summed E-state index contributed by atoms with van der Waals surface area (Å²) in [5, 5.41) is 0. The molecule has 0 atom stereocenters. The molecule has 0 aliphatic heterocycles. The first-order valence-corrected chi connectivity index (χ1v) is 7.58. The summed E-state index contributed by atoms with van der Waals surface area (Å²) in [6.07, 6.45) is 0.197. The highest BCUT2D eigenvalue weighted by Gasteiger charge is 2.18. The first kappa shape index (κ1) is 18.0. The van der Waals surface area contributed by atoms with Crippen LogP contribution in [0.25, 0.3) is 0 Å². The zero-order valence-electron chi connectivity index (χ0n) is 13.8. The Morgan fingerprint density at radius 1 is 1.18 bits per heavy atom. The summed E-state index contributed by atoms with van der Waals surface area (Å²) in [5.74, 6) is 0.230. The van der Waals surface area contributed by atoms with Gasteiger partial charge in [-0.05, 0) is 39.8 Å². The predicted octanol–water partition coefficient (Wildman–Crippen LogP) is 2.56.